The van der Waals surface area contributed by atoms with Gasteiger partial charge < -0.3 is 39.4 Å². The van der Waals surface area contributed by atoms with Crippen LogP contribution in [0, 0.1) is 0 Å². The number of carbonyl (C=O) groups excluding carboxylic acids is 2. The smallest absolute Gasteiger partial charge is 0.306 e. The van der Waals surface area contributed by atoms with E-state index in [9.17, 15) is 30.0 Å². The van der Waals surface area contributed by atoms with Crippen LogP contribution in [-0.4, -0.2) is 89.0 Å². The molecule has 1 fully saturated rings. The van der Waals surface area contributed by atoms with E-state index >= 15 is 0 Å². The molecule has 0 saturated carbocycles. The normalized spacial score (nSPS) is 21.0. The van der Waals surface area contributed by atoms with Gasteiger partial charge in [-0.2, -0.15) is 0 Å². The Morgan fingerprint density at radius 3 is 1.56 bits per heavy atom. The summed E-state index contributed by atoms with van der Waals surface area (Å²) >= 11 is 0. The molecule has 0 aromatic rings. The molecule has 0 radical (unpaired) electrons. The molecule has 1 aliphatic rings. The molecule has 0 bridgehead atoms. The zero-order chi connectivity index (χ0) is 40.2. The summed E-state index contributed by atoms with van der Waals surface area (Å²) in [6.07, 6.45) is 34.0. The van der Waals surface area contributed by atoms with Crippen molar-refractivity contribution < 1.29 is 49.0 Å². The topological polar surface area (TPSA) is 152 Å². The molecule has 10 nitrogen and oxygen atoms in total. The van der Waals surface area contributed by atoms with Crippen LogP contribution < -0.4 is 0 Å². The minimum absolute atomic E-state index is 0.209. The lowest BCUT2D eigenvalue weighted by molar-refractivity contribution is -0.305. The van der Waals surface area contributed by atoms with E-state index in [4.69, 9.17) is 18.9 Å². The van der Waals surface area contributed by atoms with E-state index < -0.39 is 55.4 Å². The van der Waals surface area contributed by atoms with Crippen molar-refractivity contribution in [2.24, 2.45) is 0 Å². The zero-order valence-corrected chi connectivity index (χ0v) is 34.4. The number of ether oxygens (including phenoxy) is 4. The average molecular weight is 779 g/mol. The quantitative estimate of drug-likeness (QED) is 0.0279. The summed E-state index contributed by atoms with van der Waals surface area (Å²) in [5.74, 6) is -0.842. The molecular weight excluding hydrogens is 700 g/mol. The third-order valence-corrected chi connectivity index (χ3v) is 9.69. The van der Waals surface area contributed by atoms with Gasteiger partial charge in [0.1, 0.15) is 31.0 Å². The molecule has 10 heteroatoms. The number of esters is 2. The molecule has 1 heterocycles. The predicted octanol–water partition coefficient (Wildman–Crippen LogP) is 8.88. The maximum atomic E-state index is 12.7. The monoisotopic (exact) mass is 779 g/mol. The molecule has 318 valence electrons. The fraction of sp³-hybridized carbons (Fsp3) is 0.778. The summed E-state index contributed by atoms with van der Waals surface area (Å²) < 4.78 is 22.1. The van der Waals surface area contributed by atoms with Gasteiger partial charge in [0.05, 0.1) is 13.2 Å². The van der Waals surface area contributed by atoms with Crippen LogP contribution in [0.5, 0.6) is 0 Å². The Hall–Kier alpha value is -2.34. The van der Waals surface area contributed by atoms with Crippen LogP contribution >= 0.6 is 0 Å². The number of carbonyl (C=O) groups is 2. The summed E-state index contributed by atoms with van der Waals surface area (Å²) in [6, 6.07) is 0. The number of allylic oxidation sites excluding steroid dienone is 8. The Bertz CT molecular complexity index is 1040. The van der Waals surface area contributed by atoms with E-state index in [1.807, 2.05) is 0 Å². The van der Waals surface area contributed by atoms with Gasteiger partial charge in [-0.3, -0.25) is 9.59 Å². The van der Waals surface area contributed by atoms with E-state index in [1.54, 1.807) is 0 Å². The molecule has 0 amide bonds. The van der Waals surface area contributed by atoms with Crippen molar-refractivity contribution in [3.05, 3.63) is 48.6 Å². The van der Waals surface area contributed by atoms with Crippen LogP contribution in [0.15, 0.2) is 48.6 Å². The summed E-state index contributed by atoms with van der Waals surface area (Å²) in [7, 11) is 0. The van der Waals surface area contributed by atoms with Gasteiger partial charge in [0, 0.05) is 12.8 Å². The van der Waals surface area contributed by atoms with Gasteiger partial charge in [-0.05, 0) is 70.6 Å². The third-order valence-electron chi connectivity index (χ3n) is 9.69. The molecule has 1 saturated heterocycles. The predicted molar refractivity (Wildman–Crippen MR) is 219 cm³/mol. The Balaban J connectivity index is 2.37. The highest BCUT2D eigenvalue weighted by atomic mass is 16.7. The van der Waals surface area contributed by atoms with Crippen LogP contribution in [0.1, 0.15) is 168 Å². The fourth-order valence-electron chi connectivity index (χ4n) is 6.17. The van der Waals surface area contributed by atoms with E-state index in [0.29, 0.717) is 12.8 Å². The number of unbranched alkanes of at least 4 members (excludes halogenated alkanes) is 16. The number of hydrogen-bond acceptors (Lipinski definition) is 10. The van der Waals surface area contributed by atoms with E-state index in [0.717, 1.165) is 83.5 Å². The van der Waals surface area contributed by atoms with E-state index in [1.165, 1.54) is 44.9 Å². The Kier molecular flexibility index (Phi) is 33.2. The van der Waals surface area contributed by atoms with Gasteiger partial charge in [0.25, 0.3) is 0 Å². The van der Waals surface area contributed by atoms with Crippen molar-refractivity contribution >= 4 is 11.9 Å². The maximum Gasteiger partial charge on any atom is 0.306 e. The SMILES string of the molecule is CCCC/C=C\C/C=C\CCCCCCCC(=O)OCC(COC1OC(CO)C(O)C(O)C1O)OC(=O)CCCCCCC/C=C\C/C=C\CCCCCC. The molecule has 0 aromatic heterocycles. The summed E-state index contributed by atoms with van der Waals surface area (Å²) in [6.45, 7) is 3.32. The van der Waals surface area contributed by atoms with E-state index in [-0.39, 0.29) is 26.1 Å². The van der Waals surface area contributed by atoms with Crippen LogP contribution in [0.25, 0.3) is 0 Å². The number of rotatable bonds is 35. The Morgan fingerprint density at radius 1 is 0.564 bits per heavy atom. The lowest BCUT2D eigenvalue weighted by atomic mass is 9.99. The molecule has 0 aromatic carbocycles. The Morgan fingerprint density at radius 2 is 1.04 bits per heavy atom. The van der Waals surface area contributed by atoms with Crippen molar-refractivity contribution in [1.82, 2.24) is 0 Å². The first-order valence-electron chi connectivity index (χ1n) is 21.7. The molecule has 6 atom stereocenters. The van der Waals surface area contributed by atoms with Gasteiger partial charge in [0.2, 0.25) is 0 Å². The second-order valence-electron chi connectivity index (χ2n) is 14.8. The molecule has 0 aliphatic carbocycles. The van der Waals surface area contributed by atoms with Crippen molar-refractivity contribution in [2.75, 3.05) is 19.8 Å². The minimum atomic E-state index is -1.60. The highest BCUT2D eigenvalue weighted by molar-refractivity contribution is 5.70. The fourth-order valence-corrected chi connectivity index (χ4v) is 6.17. The summed E-state index contributed by atoms with van der Waals surface area (Å²) in [4.78, 5) is 25.3. The lowest BCUT2D eigenvalue weighted by Gasteiger charge is -2.39. The zero-order valence-electron chi connectivity index (χ0n) is 34.4. The van der Waals surface area contributed by atoms with Gasteiger partial charge in [-0.15, -0.1) is 0 Å². The number of hydrogen-bond donors (Lipinski definition) is 4. The molecule has 1 rings (SSSR count). The largest absolute Gasteiger partial charge is 0.462 e. The van der Waals surface area contributed by atoms with Crippen molar-refractivity contribution in [3.63, 3.8) is 0 Å². The van der Waals surface area contributed by atoms with Gasteiger partial charge in [0.15, 0.2) is 12.4 Å². The Labute approximate surface area is 333 Å². The van der Waals surface area contributed by atoms with Crippen molar-refractivity contribution in [2.45, 2.75) is 205 Å². The van der Waals surface area contributed by atoms with Crippen molar-refractivity contribution in [1.29, 1.82) is 0 Å². The van der Waals surface area contributed by atoms with Crippen LogP contribution in [0.3, 0.4) is 0 Å². The highest BCUT2D eigenvalue weighted by Crippen LogP contribution is 2.22. The first kappa shape index (κ1) is 50.7. The van der Waals surface area contributed by atoms with Gasteiger partial charge in [-0.25, -0.2) is 0 Å². The van der Waals surface area contributed by atoms with Gasteiger partial charge >= 0.3 is 11.9 Å². The van der Waals surface area contributed by atoms with Crippen LogP contribution in [0.4, 0.5) is 0 Å². The maximum absolute atomic E-state index is 12.7. The number of aliphatic hydroxyl groups excluding tert-OH is 4. The first-order chi connectivity index (χ1) is 26.8. The molecule has 1 aliphatic heterocycles. The standard InChI is InChI=1S/C45H78O10/c1-3-5-7-9-11-13-15-17-19-20-22-24-26-28-30-32-34-41(48)54-38(37-53-45-44(51)43(50)42(49)39(35-46)55-45)36-52-40(47)33-31-29-27-25-23-21-18-16-14-12-10-8-6-4-2/h10,12-13,15-16,18-20,38-39,42-46,49-51H,3-9,11,14,17,21-37H2,1-2H3/b12-10-,15-13-,18-16-,20-19-. The van der Waals surface area contributed by atoms with Crippen molar-refractivity contribution in [3.8, 4) is 0 Å². The van der Waals surface area contributed by atoms with Crippen LogP contribution in [0.2, 0.25) is 0 Å². The highest BCUT2D eigenvalue weighted by Gasteiger charge is 2.44. The molecule has 0 spiro atoms. The molecular formula is C45H78O10. The third kappa shape index (κ3) is 27.8. The minimum Gasteiger partial charge on any atom is -0.462 e. The first-order valence-corrected chi connectivity index (χ1v) is 21.7. The summed E-state index contributed by atoms with van der Waals surface area (Å²) in [5, 5.41) is 40.0. The molecule has 55 heavy (non-hydrogen) atoms. The average Bonchev–Trinajstić information content (AvgIpc) is 3.18. The van der Waals surface area contributed by atoms with Crippen LogP contribution in [-0.2, 0) is 28.5 Å². The molecule has 6 unspecified atom stereocenters. The second-order valence-corrected chi connectivity index (χ2v) is 14.8. The summed E-state index contributed by atoms with van der Waals surface area (Å²) in [5.41, 5.74) is 0. The molecule has 4 N–H and O–H groups in total. The number of aliphatic hydroxyl groups is 4. The van der Waals surface area contributed by atoms with E-state index in [2.05, 4.69) is 62.5 Å². The lowest BCUT2D eigenvalue weighted by Crippen LogP contribution is -2.59. The second kappa shape index (κ2) is 36.0. The van der Waals surface area contributed by atoms with Gasteiger partial charge in [-0.1, -0.05) is 133 Å².